The third-order valence-corrected chi connectivity index (χ3v) is 6.62. The van der Waals surface area contributed by atoms with Crippen molar-refractivity contribution in [1.82, 2.24) is 29.8 Å². The number of unbranched alkanes of at least 4 members (excludes halogenated alkanes) is 1. The highest BCUT2D eigenvalue weighted by Gasteiger charge is 2.26. The summed E-state index contributed by atoms with van der Waals surface area (Å²) in [6.07, 6.45) is 9.42. The first kappa shape index (κ1) is 23.2. The van der Waals surface area contributed by atoms with Crippen LogP contribution in [0, 0.1) is 0 Å². The van der Waals surface area contributed by atoms with Gasteiger partial charge in [-0.2, -0.15) is 0 Å². The van der Waals surface area contributed by atoms with Gasteiger partial charge in [-0.25, -0.2) is 15.0 Å². The topological polar surface area (TPSA) is 88.8 Å². The fourth-order valence-electron chi connectivity index (χ4n) is 4.51. The van der Waals surface area contributed by atoms with Crippen LogP contribution in [0.15, 0.2) is 55.1 Å². The van der Waals surface area contributed by atoms with Crippen LogP contribution in [0.25, 0.3) is 28.2 Å². The molecule has 8 nitrogen and oxygen atoms in total. The highest BCUT2D eigenvalue weighted by Crippen LogP contribution is 2.32. The van der Waals surface area contributed by atoms with Crippen LogP contribution in [0.2, 0.25) is 5.02 Å². The fourth-order valence-corrected chi connectivity index (χ4v) is 4.64. The van der Waals surface area contributed by atoms with Crippen molar-refractivity contribution in [2.24, 2.45) is 0 Å². The molecule has 0 radical (unpaired) electrons. The first-order chi connectivity index (χ1) is 17.1. The molecule has 0 unspecified atom stereocenters. The zero-order valence-electron chi connectivity index (χ0n) is 19.7. The van der Waals surface area contributed by atoms with Crippen molar-refractivity contribution >= 4 is 34.5 Å². The van der Waals surface area contributed by atoms with Gasteiger partial charge in [0, 0.05) is 54.2 Å². The van der Waals surface area contributed by atoms with Crippen LogP contribution >= 0.6 is 11.6 Å². The number of nitrogens with zero attached hydrogens (tertiary/aromatic N) is 6. The number of carbonyl (C=O) groups excluding carboxylic acids is 1. The van der Waals surface area contributed by atoms with E-state index in [0.29, 0.717) is 11.4 Å². The number of piperidine rings is 1. The number of hydrogen-bond donors (Lipinski definition) is 1. The van der Waals surface area contributed by atoms with Gasteiger partial charge >= 0.3 is 0 Å². The molecule has 1 fully saturated rings. The molecule has 180 valence electrons. The highest BCUT2D eigenvalue weighted by molar-refractivity contribution is 6.30. The van der Waals surface area contributed by atoms with Crippen LogP contribution < -0.4 is 10.2 Å². The Balaban J connectivity index is 1.47. The Morgan fingerprint density at radius 3 is 2.54 bits per heavy atom. The van der Waals surface area contributed by atoms with Gasteiger partial charge in [0.05, 0.1) is 0 Å². The lowest BCUT2D eigenvalue weighted by Gasteiger charge is -2.33. The van der Waals surface area contributed by atoms with Gasteiger partial charge in [-0.15, -0.1) is 0 Å². The Morgan fingerprint density at radius 1 is 1.09 bits per heavy atom. The standard InChI is InChI=1S/C26H28ClN7O/c1-2-3-4-22(35)31-20-11-15-33(16-12-20)25-23-26(30-17-29-25)34(21-7-5-19(27)6-8-21)24(32-23)18-9-13-28-14-10-18/h5-10,13-14,17,20H,2-4,11-12,15-16H2,1H3,(H,31,35). The van der Waals surface area contributed by atoms with Gasteiger partial charge in [0.15, 0.2) is 17.0 Å². The summed E-state index contributed by atoms with van der Waals surface area (Å²) in [5.41, 5.74) is 3.34. The second-order valence-corrected chi connectivity index (χ2v) is 9.22. The van der Waals surface area contributed by atoms with Gasteiger partial charge in [-0.3, -0.25) is 14.3 Å². The summed E-state index contributed by atoms with van der Waals surface area (Å²) in [5, 5.41) is 3.86. The highest BCUT2D eigenvalue weighted by atomic mass is 35.5. The number of pyridine rings is 1. The molecule has 0 spiro atoms. The van der Waals surface area contributed by atoms with Crippen LogP contribution in [-0.4, -0.2) is 49.5 Å². The molecule has 1 N–H and O–H groups in total. The molecule has 0 atom stereocenters. The maximum absolute atomic E-state index is 12.2. The lowest BCUT2D eigenvalue weighted by molar-refractivity contribution is -0.122. The zero-order valence-corrected chi connectivity index (χ0v) is 20.4. The molecular weight excluding hydrogens is 462 g/mol. The first-order valence-electron chi connectivity index (χ1n) is 12.1. The molecule has 35 heavy (non-hydrogen) atoms. The molecule has 5 rings (SSSR count). The number of hydrogen-bond acceptors (Lipinski definition) is 6. The van der Waals surface area contributed by atoms with Crippen molar-refractivity contribution in [2.45, 2.75) is 45.1 Å². The molecule has 1 aliphatic heterocycles. The molecule has 1 aliphatic rings. The number of rotatable bonds is 7. The van der Waals surface area contributed by atoms with Crippen LogP contribution in [0.5, 0.6) is 0 Å². The summed E-state index contributed by atoms with van der Waals surface area (Å²) >= 11 is 6.15. The van der Waals surface area contributed by atoms with Gasteiger partial charge in [0.1, 0.15) is 12.2 Å². The van der Waals surface area contributed by atoms with Crippen LogP contribution in [-0.2, 0) is 4.79 Å². The van der Waals surface area contributed by atoms with Gasteiger partial charge in [-0.1, -0.05) is 24.9 Å². The normalized spacial score (nSPS) is 14.4. The summed E-state index contributed by atoms with van der Waals surface area (Å²) in [7, 11) is 0. The summed E-state index contributed by atoms with van der Waals surface area (Å²) < 4.78 is 2.03. The van der Waals surface area contributed by atoms with Gasteiger partial charge in [0.2, 0.25) is 5.91 Å². The Labute approximate surface area is 209 Å². The average Bonchev–Trinajstić information content (AvgIpc) is 3.29. The fraction of sp³-hybridized carbons (Fsp3) is 0.346. The van der Waals surface area contributed by atoms with E-state index in [-0.39, 0.29) is 11.9 Å². The van der Waals surface area contributed by atoms with E-state index in [1.54, 1.807) is 18.7 Å². The summed E-state index contributed by atoms with van der Waals surface area (Å²) in [4.78, 5) is 32.8. The monoisotopic (exact) mass is 489 g/mol. The summed E-state index contributed by atoms with van der Waals surface area (Å²) in [6.45, 7) is 3.69. The average molecular weight is 490 g/mol. The van der Waals surface area contributed by atoms with E-state index in [4.69, 9.17) is 16.6 Å². The number of imidazole rings is 1. The quantitative estimate of drug-likeness (QED) is 0.401. The third kappa shape index (κ3) is 4.98. The lowest BCUT2D eigenvalue weighted by atomic mass is 10.0. The Hall–Kier alpha value is -3.52. The minimum Gasteiger partial charge on any atom is -0.355 e. The molecule has 0 bridgehead atoms. The van der Waals surface area contributed by atoms with Crippen molar-refractivity contribution < 1.29 is 4.79 Å². The van der Waals surface area contributed by atoms with Crippen molar-refractivity contribution in [3.63, 3.8) is 0 Å². The van der Waals surface area contributed by atoms with Gasteiger partial charge < -0.3 is 10.2 Å². The summed E-state index contributed by atoms with van der Waals surface area (Å²) in [5.74, 6) is 1.73. The zero-order chi connectivity index (χ0) is 24.2. The number of halogens is 1. The molecule has 0 saturated carbocycles. The van der Waals surface area contributed by atoms with Crippen molar-refractivity contribution in [1.29, 1.82) is 0 Å². The second-order valence-electron chi connectivity index (χ2n) is 8.79. The molecular formula is C26H28ClN7O. The Morgan fingerprint density at radius 2 is 1.83 bits per heavy atom. The Bertz CT molecular complexity index is 1300. The number of amides is 1. The van der Waals surface area contributed by atoms with Crippen LogP contribution in [0.3, 0.4) is 0 Å². The lowest BCUT2D eigenvalue weighted by Crippen LogP contribution is -2.45. The number of aromatic nitrogens is 5. The molecule has 0 aliphatic carbocycles. The molecule has 1 aromatic carbocycles. The van der Waals surface area contributed by atoms with E-state index in [0.717, 1.165) is 72.8 Å². The summed E-state index contributed by atoms with van der Waals surface area (Å²) in [6, 6.07) is 11.7. The van der Waals surface area contributed by atoms with Crippen LogP contribution in [0.1, 0.15) is 39.0 Å². The van der Waals surface area contributed by atoms with E-state index >= 15 is 0 Å². The van der Waals surface area contributed by atoms with Crippen molar-refractivity contribution in [3.05, 3.63) is 60.1 Å². The van der Waals surface area contributed by atoms with E-state index in [9.17, 15) is 4.79 Å². The van der Waals surface area contributed by atoms with E-state index in [1.807, 2.05) is 41.0 Å². The second kappa shape index (κ2) is 10.4. The minimum absolute atomic E-state index is 0.151. The van der Waals surface area contributed by atoms with Crippen molar-refractivity contribution in [3.8, 4) is 17.1 Å². The molecule has 9 heteroatoms. The maximum atomic E-state index is 12.2. The largest absolute Gasteiger partial charge is 0.355 e. The van der Waals surface area contributed by atoms with E-state index < -0.39 is 0 Å². The molecule has 4 aromatic rings. The molecule has 3 aromatic heterocycles. The number of anilines is 1. The molecule has 1 saturated heterocycles. The molecule has 4 heterocycles. The third-order valence-electron chi connectivity index (χ3n) is 6.37. The Kier molecular flexibility index (Phi) is 6.90. The number of nitrogens with one attached hydrogen (secondary N) is 1. The predicted octanol–water partition coefficient (Wildman–Crippen LogP) is 4.81. The van der Waals surface area contributed by atoms with Crippen LogP contribution in [0.4, 0.5) is 5.82 Å². The van der Waals surface area contributed by atoms with E-state index in [2.05, 4.69) is 32.1 Å². The van der Waals surface area contributed by atoms with Gasteiger partial charge in [-0.05, 0) is 55.7 Å². The number of fused-ring (bicyclic) bond motifs is 1. The van der Waals surface area contributed by atoms with E-state index in [1.165, 1.54) is 0 Å². The predicted molar refractivity (Wildman–Crippen MR) is 138 cm³/mol. The minimum atomic E-state index is 0.151. The SMILES string of the molecule is CCCCC(=O)NC1CCN(c2ncnc3c2nc(-c2ccncc2)n3-c2ccc(Cl)cc2)CC1. The number of benzene rings is 1. The maximum Gasteiger partial charge on any atom is 0.220 e. The van der Waals surface area contributed by atoms with Crippen molar-refractivity contribution in [2.75, 3.05) is 18.0 Å². The smallest absolute Gasteiger partial charge is 0.220 e. The molecule has 1 amide bonds. The van der Waals surface area contributed by atoms with Gasteiger partial charge in [0.25, 0.3) is 0 Å². The first-order valence-corrected chi connectivity index (χ1v) is 12.5. The number of carbonyl (C=O) groups is 1.